The van der Waals surface area contributed by atoms with E-state index >= 15 is 0 Å². The number of nitrogens with one attached hydrogen (secondary N) is 2. The fourth-order valence-electron chi connectivity index (χ4n) is 2.55. The van der Waals surface area contributed by atoms with Crippen LogP contribution in [0, 0.1) is 17.6 Å². The second kappa shape index (κ2) is 9.54. The van der Waals surface area contributed by atoms with Crippen molar-refractivity contribution in [2.24, 2.45) is 5.92 Å². The number of carbonyl (C=O) groups is 2. The minimum absolute atomic E-state index is 0. The van der Waals surface area contributed by atoms with Gasteiger partial charge in [0.05, 0.1) is 5.92 Å². The molecular weight excluding hydrogens is 340 g/mol. The maximum absolute atomic E-state index is 13.3. The zero-order chi connectivity index (χ0) is 16.8. The molecule has 24 heavy (non-hydrogen) atoms. The van der Waals surface area contributed by atoms with E-state index in [0.29, 0.717) is 13.1 Å². The first-order valence-corrected chi connectivity index (χ1v) is 7.76. The van der Waals surface area contributed by atoms with Crippen molar-refractivity contribution in [3.05, 3.63) is 29.8 Å². The van der Waals surface area contributed by atoms with E-state index in [9.17, 15) is 18.4 Å². The van der Waals surface area contributed by atoms with Crippen LogP contribution in [0.5, 0.6) is 0 Å². The molecule has 1 fully saturated rings. The molecule has 2 rings (SSSR count). The van der Waals surface area contributed by atoms with Crippen molar-refractivity contribution in [2.45, 2.75) is 19.8 Å². The normalized spacial score (nSPS) is 16.9. The van der Waals surface area contributed by atoms with Crippen LogP contribution in [0.2, 0.25) is 0 Å². The third-order valence-corrected chi connectivity index (χ3v) is 3.68. The van der Waals surface area contributed by atoms with Crippen molar-refractivity contribution in [3.8, 4) is 0 Å². The first-order chi connectivity index (χ1) is 11.0. The van der Waals surface area contributed by atoms with Gasteiger partial charge in [0, 0.05) is 37.8 Å². The molecule has 0 aromatic heterocycles. The Morgan fingerprint density at radius 1 is 1.21 bits per heavy atom. The molecule has 0 spiro atoms. The summed E-state index contributed by atoms with van der Waals surface area (Å²) in [6, 6.07) is 2.93. The van der Waals surface area contributed by atoms with E-state index in [1.165, 1.54) is 4.90 Å². The van der Waals surface area contributed by atoms with Gasteiger partial charge in [-0.2, -0.15) is 0 Å². The van der Waals surface area contributed by atoms with Gasteiger partial charge in [-0.15, -0.1) is 12.4 Å². The highest BCUT2D eigenvalue weighted by molar-refractivity contribution is 6.00. The van der Waals surface area contributed by atoms with Crippen LogP contribution in [-0.4, -0.2) is 38.0 Å². The Kier molecular flexibility index (Phi) is 8.07. The number of hydrogen-bond acceptors (Lipinski definition) is 3. The third-order valence-electron chi connectivity index (χ3n) is 3.68. The Labute approximate surface area is 146 Å². The van der Waals surface area contributed by atoms with Gasteiger partial charge >= 0.3 is 0 Å². The topological polar surface area (TPSA) is 61.4 Å². The number of anilines is 1. The fraction of sp³-hybridized carbons (Fsp3) is 0.500. The van der Waals surface area contributed by atoms with Gasteiger partial charge in [-0.25, -0.2) is 8.78 Å². The highest BCUT2D eigenvalue weighted by Gasteiger charge is 2.35. The summed E-state index contributed by atoms with van der Waals surface area (Å²) in [5.74, 6) is -2.51. The van der Waals surface area contributed by atoms with Gasteiger partial charge in [-0.3, -0.25) is 9.59 Å². The molecule has 0 radical (unpaired) electrons. The molecule has 0 bridgehead atoms. The predicted molar refractivity (Wildman–Crippen MR) is 90.2 cm³/mol. The molecule has 1 atom stereocenters. The van der Waals surface area contributed by atoms with E-state index in [1.807, 2.05) is 0 Å². The van der Waals surface area contributed by atoms with Gasteiger partial charge in [0.15, 0.2) is 0 Å². The lowest BCUT2D eigenvalue weighted by Crippen LogP contribution is -2.37. The fourth-order valence-corrected chi connectivity index (χ4v) is 2.55. The van der Waals surface area contributed by atoms with E-state index in [-0.39, 0.29) is 42.9 Å². The van der Waals surface area contributed by atoms with Crippen LogP contribution in [0.25, 0.3) is 0 Å². The van der Waals surface area contributed by atoms with E-state index < -0.39 is 17.6 Å². The second-order valence-electron chi connectivity index (χ2n) is 5.57. The van der Waals surface area contributed by atoms with E-state index in [2.05, 4.69) is 17.6 Å². The number of hydrogen-bond donors (Lipinski definition) is 2. The SMILES string of the molecule is CCCNCCNC(=O)C1CC(=O)N(c2cc(F)cc(F)c2)C1.Cl. The molecule has 2 amide bonds. The van der Waals surface area contributed by atoms with Crippen molar-refractivity contribution < 1.29 is 18.4 Å². The zero-order valence-corrected chi connectivity index (χ0v) is 14.3. The zero-order valence-electron chi connectivity index (χ0n) is 13.5. The molecule has 1 aromatic carbocycles. The number of rotatable bonds is 7. The molecule has 1 saturated heterocycles. The summed E-state index contributed by atoms with van der Waals surface area (Å²) >= 11 is 0. The molecule has 5 nitrogen and oxygen atoms in total. The maximum atomic E-state index is 13.3. The monoisotopic (exact) mass is 361 g/mol. The van der Waals surface area contributed by atoms with E-state index in [4.69, 9.17) is 0 Å². The Morgan fingerprint density at radius 2 is 1.88 bits per heavy atom. The Balaban J connectivity index is 0.00000288. The van der Waals surface area contributed by atoms with Crippen molar-refractivity contribution in [1.29, 1.82) is 0 Å². The maximum Gasteiger partial charge on any atom is 0.227 e. The Hall–Kier alpha value is -1.73. The average Bonchev–Trinajstić information content (AvgIpc) is 2.88. The number of benzene rings is 1. The molecule has 1 heterocycles. The van der Waals surface area contributed by atoms with Crippen LogP contribution >= 0.6 is 12.4 Å². The molecule has 0 saturated carbocycles. The number of carbonyl (C=O) groups excluding carboxylic acids is 2. The van der Waals surface area contributed by atoms with Crippen LogP contribution < -0.4 is 15.5 Å². The predicted octanol–water partition coefficient (Wildman–Crippen LogP) is 1.86. The van der Waals surface area contributed by atoms with Crippen molar-refractivity contribution in [1.82, 2.24) is 10.6 Å². The van der Waals surface area contributed by atoms with Crippen LogP contribution in [0.1, 0.15) is 19.8 Å². The van der Waals surface area contributed by atoms with Gasteiger partial charge in [0.25, 0.3) is 0 Å². The van der Waals surface area contributed by atoms with Crippen LogP contribution in [0.4, 0.5) is 14.5 Å². The number of halogens is 3. The summed E-state index contributed by atoms with van der Waals surface area (Å²) in [5.41, 5.74) is 0.146. The first kappa shape index (κ1) is 20.3. The highest BCUT2D eigenvalue weighted by atomic mass is 35.5. The van der Waals surface area contributed by atoms with Gasteiger partial charge < -0.3 is 15.5 Å². The second-order valence-corrected chi connectivity index (χ2v) is 5.57. The molecule has 1 unspecified atom stereocenters. The molecule has 0 aliphatic carbocycles. The third kappa shape index (κ3) is 5.42. The first-order valence-electron chi connectivity index (χ1n) is 7.76. The van der Waals surface area contributed by atoms with Gasteiger partial charge in [-0.1, -0.05) is 6.92 Å². The summed E-state index contributed by atoms with van der Waals surface area (Å²) in [6.45, 7) is 4.23. The molecule has 2 N–H and O–H groups in total. The van der Waals surface area contributed by atoms with Crippen LogP contribution in [0.15, 0.2) is 18.2 Å². The average molecular weight is 362 g/mol. The summed E-state index contributed by atoms with van der Waals surface area (Å²) in [7, 11) is 0. The lowest BCUT2D eigenvalue weighted by molar-refractivity contribution is -0.126. The Bertz CT molecular complexity index is 566. The minimum atomic E-state index is -0.747. The minimum Gasteiger partial charge on any atom is -0.355 e. The summed E-state index contributed by atoms with van der Waals surface area (Å²) < 4.78 is 26.5. The van der Waals surface area contributed by atoms with Crippen LogP contribution in [-0.2, 0) is 9.59 Å². The summed E-state index contributed by atoms with van der Waals surface area (Å²) in [6.07, 6.45) is 1.07. The largest absolute Gasteiger partial charge is 0.355 e. The molecule has 8 heteroatoms. The van der Waals surface area contributed by atoms with Gasteiger partial charge in [-0.05, 0) is 25.1 Å². The number of amides is 2. The van der Waals surface area contributed by atoms with Gasteiger partial charge in [0.1, 0.15) is 11.6 Å². The standard InChI is InChI=1S/C16H21F2N3O2.ClH/c1-2-3-19-4-5-20-16(23)11-6-15(22)21(10-11)14-8-12(17)7-13(18)9-14;/h7-9,11,19H,2-6,10H2,1H3,(H,20,23);1H. The molecule has 1 aromatic rings. The number of nitrogens with zero attached hydrogens (tertiary/aromatic N) is 1. The van der Waals surface area contributed by atoms with E-state index in [0.717, 1.165) is 31.2 Å². The quantitative estimate of drug-likeness (QED) is 0.729. The smallest absolute Gasteiger partial charge is 0.227 e. The molecular formula is C16H22ClF2N3O2. The lowest BCUT2D eigenvalue weighted by Gasteiger charge is -2.17. The van der Waals surface area contributed by atoms with E-state index in [1.54, 1.807) is 0 Å². The molecule has 1 aliphatic heterocycles. The molecule has 134 valence electrons. The van der Waals surface area contributed by atoms with Crippen molar-refractivity contribution in [3.63, 3.8) is 0 Å². The lowest BCUT2D eigenvalue weighted by atomic mass is 10.1. The summed E-state index contributed by atoms with van der Waals surface area (Å²) in [5, 5.41) is 5.93. The van der Waals surface area contributed by atoms with Crippen LogP contribution in [0.3, 0.4) is 0 Å². The van der Waals surface area contributed by atoms with Crippen molar-refractivity contribution >= 4 is 29.9 Å². The van der Waals surface area contributed by atoms with Crippen molar-refractivity contribution in [2.75, 3.05) is 31.1 Å². The molecule has 1 aliphatic rings. The summed E-state index contributed by atoms with van der Waals surface area (Å²) in [4.78, 5) is 25.3. The highest BCUT2D eigenvalue weighted by Crippen LogP contribution is 2.26. The Morgan fingerprint density at radius 3 is 2.50 bits per heavy atom. The van der Waals surface area contributed by atoms with Gasteiger partial charge in [0.2, 0.25) is 11.8 Å².